The lowest BCUT2D eigenvalue weighted by molar-refractivity contribution is 0.414. The molecule has 1 aromatic carbocycles. The van der Waals surface area contributed by atoms with E-state index in [1.165, 1.54) is 12.8 Å². The Kier molecular flexibility index (Phi) is 4.46. The number of fused-ring (bicyclic) bond motifs is 1. The maximum atomic E-state index is 10.7. The summed E-state index contributed by atoms with van der Waals surface area (Å²) in [6.45, 7) is 2.71. The molecule has 2 aliphatic rings. The zero-order valence-corrected chi connectivity index (χ0v) is 17.7. The Morgan fingerprint density at radius 1 is 1.06 bits per heavy atom. The summed E-state index contributed by atoms with van der Waals surface area (Å²) in [7, 11) is 1.82. The minimum absolute atomic E-state index is 0.100. The molecule has 0 amide bonds. The van der Waals surface area contributed by atoms with E-state index < -0.39 is 0 Å². The number of pyridine rings is 1. The molecule has 2 fully saturated rings. The third-order valence-electron chi connectivity index (χ3n) is 6.27. The Morgan fingerprint density at radius 3 is 2.75 bits per heavy atom. The van der Waals surface area contributed by atoms with Gasteiger partial charge >= 0.3 is 0 Å². The molecule has 1 saturated heterocycles. The summed E-state index contributed by atoms with van der Waals surface area (Å²) < 4.78 is 1.68. The Labute approximate surface area is 184 Å². The number of aromatic hydroxyl groups is 1. The number of piperazine rings is 1. The van der Waals surface area contributed by atoms with Crippen LogP contribution in [0.3, 0.4) is 0 Å². The number of nitrogens with zero attached hydrogens (tertiary/aromatic N) is 8. The first-order valence-electron chi connectivity index (χ1n) is 10.8. The Hall–Kier alpha value is -3.66. The molecule has 1 aliphatic carbocycles. The van der Waals surface area contributed by atoms with Crippen LogP contribution in [0.15, 0.2) is 36.5 Å². The summed E-state index contributed by atoms with van der Waals surface area (Å²) in [5.41, 5.74) is 4.02. The first-order chi connectivity index (χ1) is 15.7. The van der Waals surface area contributed by atoms with Crippen LogP contribution >= 0.6 is 0 Å². The second-order valence-corrected chi connectivity index (χ2v) is 8.47. The van der Waals surface area contributed by atoms with Gasteiger partial charge in [-0.15, -0.1) is 15.3 Å². The lowest BCUT2D eigenvalue weighted by Crippen LogP contribution is -2.52. The van der Waals surface area contributed by atoms with Crippen molar-refractivity contribution in [2.45, 2.75) is 18.9 Å². The van der Waals surface area contributed by atoms with Crippen LogP contribution in [0.4, 0.5) is 5.95 Å². The highest BCUT2D eigenvalue weighted by Gasteiger charge is 2.34. The summed E-state index contributed by atoms with van der Waals surface area (Å²) in [4.78, 5) is 11.3. The molecule has 1 aliphatic heterocycles. The van der Waals surface area contributed by atoms with Crippen LogP contribution in [0.2, 0.25) is 0 Å². The third kappa shape index (κ3) is 3.42. The standard InChI is InChI=1S/C22H23N9O/c1-30-19-7-6-16(25-21(19)27-29-30)14-4-5-15(20(32)10-14)17-11-24-22(28-26-17)31-9-8-23-18(12-31)13-2-3-13/h4-7,10-11,13,18,23,32H,2-3,8-9,12H2,1H3/t18-/m1/s1. The second kappa shape index (κ2) is 7.49. The van der Waals surface area contributed by atoms with E-state index in [-0.39, 0.29) is 5.75 Å². The molecule has 4 aromatic rings. The highest BCUT2D eigenvalue weighted by molar-refractivity contribution is 5.77. The van der Waals surface area contributed by atoms with E-state index in [0.29, 0.717) is 34.6 Å². The summed E-state index contributed by atoms with van der Waals surface area (Å²) in [6.07, 6.45) is 4.29. The quantitative estimate of drug-likeness (QED) is 0.500. The Balaban J connectivity index is 1.23. The van der Waals surface area contributed by atoms with E-state index in [4.69, 9.17) is 0 Å². The van der Waals surface area contributed by atoms with Crippen molar-refractivity contribution in [2.75, 3.05) is 24.5 Å². The second-order valence-electron chi connectivity index (χ2n) is 8.47. The molecular weight excluding hydrogens is 406 g/mol. The largest absolute Gasteiger partial charge is 0.507 e. The van der Waals surface area contributed by atoms with Gasteiger partial charge in [-0.3, -0.25) is 0 Å². The smallest absolute Gasteiger partial charge is 0.245 e. The molecular formula is C22H23N9O. The topological polar surface area (TPSA) is 118 Å². The molecule has 0 radical (unpaired) electrons. The van der Waals surface area contributed by atoms with Gasteiger partial charge in [-0.2, -0.15) is 0 Å². The molecule has 1 saturated carbocycles. The zero-order valence-electron chi connectivity index (χ0n) is 17.7. The van der Waals surface area contributed by atoms with Gasteiger partial charge in [0.2, 0.25) is 11.6 Å². The Morgan fingerprint density at radius 2 is 1.97 bits per heavy atom. The van der Waals surface area contributed by atoms with E-state index >= 15 is 0 Å². The van der Waals surface area contributed by atoms with Crippen LogP contribution in [0.25, 0.3) is 33.7 Å². The average Bonchev–Trinajstić information content (AvgIpc) is 3.62. The number of aryl methyl sites for hydroxylation is 1. The van der Waals surface area contributed by atoms with Gasteiger partial charge in [0.15, 0.2) is 0 Å². The van der Waals surface area contributed by atoms with Crippen LogP contribution in [0.5, 0.6) is 5.75 Å². The predicted octanol–water partition coefficient (Wildman–Crippen LogP) is 1.78. The van der Waals surface area contributed by atoms with E-state index in [1.807, 2.05) is 31.3 Å². The maximum Gasteiger partial charge on any atom is 0.245 e. The van der Waals surface area contributed by atoms with Gasteiger partial charge < -0.3 is 15.3 Å². The number of anilines is 1. The third-order valence-corrected chi connectivity index (χ3v) is 6.27. The highest BCUT2D eigenvalue weighted by Crippen LogP contribution is 2.34. The van der Waals surface area contributed by atoms with Crippen LogP contribution in [-0.2, 0) is 7.05 Å². The van der Waals surface area contributed by atoms with Crippen molar-refractivity contribution in [3.63, 3.8) is 0 Å². The van der Waals surface area contributed by atoms with E-state index in [1.54, 1.807) is 16.9 Å². The van der Waals surface area contributed by atoms with Crippen molar-refractivity contribution >= 4 is 17.1 Å². The summed E-state index contributed by atoms with van der Waals surface area (Å²) in [5.74, 6) is 1.52. The number of phenols is 1. The fraction of sp³-hybridized carbons (Fsp3) is 0.364. The van der Waals surface area contributed by atoms with Crippen LogP contribution in [-0.4, -0.2) is 65.9 Å². The molecule has 10 heteroatoms. The van der Waals surface area contributed by atoms with Gasteiger partial charge in [0.05, 0.1) is 11.9 Å². The van der Waals surface area contributed by atoms with Gasteiger partial charge in [0.25, 0.3) is 0 Å². The van der Waals surface area contributed by atoms with E-state index in [9.17, 15) is 5.11 Å². The normalized spacial score (nSPS) is 18.9. The number of phenolic OH excluding ortho intramolecular Hbond substituents is 1. The van der Waals surface area contributed by atoms with Gasteiger partial charge in [0.1, 0.15) is 17.0 Å². The minimum Gasteiger partial charge on any atom is -0.507 e. The fourth-order valence-electron chi connectivity index (χ4n) is 4.30. The summed E-state index contributed by atoms with van der Waals surface area (Å²) in [5, 5.41) is 31.0. The first kappa shape index (κ1) is 19.1. The first-order valence-corrected chi connectivity index (χ1v) is 10.8. The summed E-state index contributed by atoms with van der Waals surface area (Å²) >= 11 is 0. The molecule has 0 spiro atoms. The van der Waals surface area contributed by atoms with Crippen LogP contribution in [0, 0.1) is 5.92 Å². The number of aromatic nitrogens is 7. The van der Waals surface area contributed by atoms with Crippen molar-refractivity contribution in [3.05, 3.63) is 36.5 Å². The number of hydrogen-bond donors (Lipinski definition) is 2. The molecule has 6 rings (SSSR count). The van der Waals surface area contributed by atoms with E-state index in [2.05, 4.69) is 40.7 Å². The number of nitrogens with one attached hydrogen (secondary N) is 1. The molecule has 32 heavy (non-hydrogen) atoms. The van der Waals surface area contributed by atoms with Crippen LogP contribution < -0.4 is 10.2 Å². The van der Waals surface area contributed by atoms with Gasteiger partial charge in [-0.25, -0.2) is 14.6 Å². The number of benzene rings is 1. The predicted molar refractivity (Wildman–Crippen MR) is 119 cm³/mol. The molecule has 10 nitrogen and oxygen atoms in total. The monoisotopic (exact) mass is 429 g/mol. The fourth-order valence-corrected chi connectivity index (χ4v) is 4.30. The molecule has 0 bridgehead atoms. The number of hydrogen-bond acceptors (Lipinski definition) is 9. The van der Waals surface area contributed by atoms with Gasteiger partial charge in [-0.05, 0) is 43.0 Å². The van der Waals surface area contributed by atoms with Gasteiger partial charge in [-0.1, -0.05) is 11.3 Å². The molecule has 0 unspecified atom stereocenters. The molecule has 162 valence electrons. The average molecular weight is 429 g/mol. The molecule has 1 atom stereocenters. The lowest BCUT2D eigenvalue weighted by atomic mass is 10.1. The van der Waals surface area contributed by atoms with Crippen molar-refractivity contribution < 1.29 is 5.11 Å². The SMILES string of the molecule is Cn1nnc2nc(-c3ccc(-c4cnc(N5CCN[C@@H](C6CC6)C5)nn4)c(O)c3)ccc21. The van der Waals surface area contributed by atoms with Crippen molar-refractivity contribution in [1.82, 2.24) is 40.5 Å². The van der Waals surface area contributed by atoms with Crippen LogP contribution in [0.1, 0.15) is 12.8 Å². The molecule has 2 N–H and O–H groups in total. The van der Waals surface area contributed by atoms with Crippen molar-refractivity contribution in [2.24, 2.45) is 13.0 Å². The molecule has 3 aromatic heterocycles. The zero-order chi connectivity index (χ0) is 21.7. The highest BCUT2D eigenvalue weighted by atomic mass is 16.3. The lowest BCUT2D eigenvalue weighted by Gasteiger charge is -2.33. The Bertz CT molecular complexity index is 1280. The van der Waals surface area contributed by atoms with E-state index in [0.717, 1.165) is 36.6 Å². The summed E-state index contributed by atoms with van der Waals surface area (Å²) in [6, 6.07) is 9.70. The van der Waals surface area contributed by atoms with Crippen molar-refractivity contribution in [1.29, 1.82) is 0 Å². The molecule has 4 heterocycles. The number of rotatable bonds is 4. The van der Waals surface area contributed by atoms with Gasteiger partial charge in [0, 0.05) is 43.9 Å². The maximum absolute atomic E-state index is 10.7. The van der Waals surface area contributed by atoms with Crippen molar-refractivity contribution in [3.8, 4) is 28.3 Å². The minimum atomic E-state index is 0.100.